The van der Waals surface area contributed by atoms with Crippen molar-refractivity contribution in [3.8, 4) is 0 Å². The van der Waals surface area contributed by atoms with Gasteiger partial charge >= 0.3 is 0 Å². The van der Waals surface area contributed by atoms with E-state index in [2.05, 4.69) is 26.6 Å². The number of nitrogens with one attached hydrogen (secondary N) is 1. The normalized spacial score (nSPS) is 13.4. The standard InChI is InChI=1S/C19H15Cl2N3OS/c20-15-5-6-17(21)23-18(15)19(25)22-13-1-3-14(4-2-13)24-9-7-16-12(11-24)8-10-26-16/h1-6,8,10H,7,9,11H2,(H,22,25). The Morgan fingerprint density at radius 1 is 1.12 bits per heavy atom. The molecule has 1 N–H and O–H groups in total. The Balaban J connectivity index is 1.46. The molecule has 0 bridgehead atoms. The summed E-state index contributed by atoms with van der Waals surface area (Å²) in [6.45, 7) is 1.92. The van der Waals surface area contributed by atoms with Gasteiger partial charge in [0.25, 0.3) is 5.91 Å². The lowest BCUT2D eigenvalue weighted by molar-refractivity contribution is 0.102. The Morgan fingerprint density at radius 3 is 2.73 bits per heavy atom. The average Bonchev–Trinajstić information content (AvgIpc) is 3.12. The van der Waals surface area contributed by atoms with Crippen LogP contribution >= 0.6 is 34.5 Å². The molecule has 0 fully saturated rings. The minimum Gasteiger partial charge on any atom is -0.367 e. The second-order valence-corrected chi connectivity index (χ2v) is 7.80. The van der Waals surface area contributed by atoms with E-state index in [0.29, 0.717) is 5.69 Å². The van der Waals surface area contributed by atoms with Crippen molar-refractivity contribution in [1.29, 1.82) is 0 Å². The van der Waals surface area contributed by atoms with Crippen molar-refractivity contribution >= 4 is 51.8 Å². The fourth-order valence-electron chi connectivity index (χ4n) is 2.99. The fourth-order valence-corrected chi connectivity index (χ4v) is 4.22. The average molecular weight is 404 g/mol. The van der Waals surface area contributed by atoms with E-state index in [-0.39, 0.29) is 21.8 Å². The molecule has 4 nitrogen and oxygen atoms in total. The molecule has 3 heterocycles. The lowest BCUT2D eigenvalue weighted by Gasteiger charge is -2.29. The van der Waals surface area contributed by atoms with E-state index in [4.69, 9.17) is 23.2 Å². The molecule has 0 radical (unpaired) electrons. The van der Waals surface area contributed by atoms with Crippen molar-refractivity contribution in [1.82, 2.24) is 4.98 Å². The van der Waals surface area contributed by atoms with E-state index in [0.717, 1.165) is 25.2 Å². The maximum absolute atomic E-state index is 12.4. The number of carbonyl (C=O) groups is 1. The molecule has 4 rings (SSSR count). The molecule has 2 aromatic heterocycles. The maximum atomic E-state index is 12.4. The van der Waals surface area contributed by atoms with Crippen molar-refractivity contribution in [3.05, 3.63) is 74.2 Å². The van der Waals surface area contributed by atoms with Crippen molar-refractivity contribution in [2.75, 3.05) is 16.8 Å². The van der Waals surface area contributed by atoms with Crippen LogP contribution in [0.15, 0.2) is 47.8 Å². The van der Waals surface area contributed by atoms with Gasteiger partial charge in [-0.05, 0) is 59.8 Å². The molecule has 3 aromatic rings. The highest BCUT2D eigenvalue weighted by Crippen LogP contribution is 2.28. The molecular weight excluding hydrogens is 389 g/mol. The summed E-state index contributed by atoms with van der Waals surface area (Å²) in [4.78, 5) is 20.2. The number of anilines is 2. The third-order valence-corrected chi connectivity index (χ3v) is 5.86. The van der Waals surface area contributed by atoms with Gasteiger partial charge < -0.3 is 10.2 Å². The summed E-state index contributed by atoms with van der Waals surface area (Å²) in [6, 6.07) is 13.1. The SMILES string of the molecule is O=C(Nc1ccc(N2CCc3sccc3C2)cc1)c1nc(Cl)ccc1Cl. The van der Waals surface area contributed by atoms with Gasteiger partial charge in [0, 0.05) is 29.3 Å². The minimum absolute atomic E-state index is 0.115. The zero-order chi connectivity index (χ0) is 18.1. The first-order valence-electron chi connectivity index (χ1n) is 8.14. The Hall–Kier alpha value is -2.08. The molecule has 7 heteroatoms. The van der Waals surface area contributed by atoms with Gasteiger partial charge in [0.1, 0.15) is 10.8 Å². The van der Waals surface area contributed by atoms with Crippen LogP contribution < -0.4 is 10.2 Å². The predicted molar refractivity (Wildman–Crippen MR) is 108 cm³/mol. The maximum Gasteiger partial charge on any atom is 0.275 e. The molecule has 1 aliphatic heterocycles. The molecule has 26 heavy (non-hydrogen) atoms. The van der Waals surface area contributed by atoms with Gasteiger partial charge in [-0.1, -0.05) is 23.2 Å². The number of carbonyl (C=O) groups excluding carboxylic acids is 1. The number of benzene rings is 1. The summed E-state index contributed by atoms with van der Waals surface area (Å²) in [5.41, 5.74) is 3.34. The van der Waals surface area contributed by atoms with Crippen LogP contribution in [0.3, 0.4) is 0 Å². The van der Waals surface area contributed by atoms with Gasteiger partial charge in [-0.25, -0.2) is 4.98 Å². The van der Waals surface area contributed by atoms with E-state index in [1.54, 1.807) is 12.1 Å². The number of halogens is 2. The topological polar surface area (TPSA) is 45.2 Å². The molecular formula is C19H15Cl2N3OS. The number of nitrogens with zero attached hydrogens (tertiary/aromatic N) is 2. The fraction of sp³-hybridized carbons (Fsp3) is 0.158. The highest BCUT2D eigenvalue weighted by Gasteiger charge is 2.18. The van der Waals surface area contributed by atoms with Gasteiger partial charge in [0.2, 0.25) is 0 Å². The summed E-state index contributed by atoms with van der Waals surface area (Å²) < 4.78 is 0. The van der Waals surface area contributed by atoms with Crippen molar-refractivity contribution in [2.45, 2.75) is 13.0 Å². The Labute approximate surface area is 165 Å². The largest absolute Gasteiger partial charge is 0.367 e. The second kappa shape index (κ2) is 7.27. The van der Waals surface area contributed by atoms with Crippen molar-refractivity contribution in [2.24, 2.45) is 0 Å². The van der Waals surface area contributed by atoms with Crippen LogP contribution in [-0.2, 0) is 13.0 Å². The number of fused-ring (bicyclic) bond motifs is 1. The number of rotatable bonds is 3. The zero-order valence-electron chi connectivity index (χ0n) is 13.7. The Morgan fingerprint density at radius 2 is 1.92 bits per heavy atom. The molecule has 0 saturated carbocycles. The minimum atomic E-state index is -0.383. The first-order valence-corrected chi connectivity index (χ1v) is 9.77. The van der Waals surface area contributed by atoms with E-state index in [1.165, 1.54) is 10.4 Å². The van der Waals surface area contributed by atoms with Crippen molar-refractivity contribution in [3.63, 3.8) is 0 Å². The van der Waals surface area contributed by atoms with Crippen LogP contribution in [0.1, 0.15) is 20.9 Å². The number of thiophene rings is 1. The van der Waals surface area contributed by atoms with Crippen LogP contribution in [0, 0.1) is 0 Å². The summed E-state index contributed by atoms with van der Waals surface area (Å²) in [5.74, 6) is -0.383. The number of aromatic nitrogens is 1. The summed E-state index contributed by atoms with van der Waals surface area (Å²) >= 11 is 13.7. The van der Waals surface area contributed by atoms with Crippen molar-refractivity contribution < 1.29 is 4.79 Å². The third kappa shape index (κ3) is 3.56. The van der Waals surface area contributed by atoms with Crippen LogP contribution in [0.2, 0.25) is 10.2 Å². The zero-order valence-corrected chi connectivity index (χ0v) is 16.0. The van der Waals surface area contributed by atoms with Gasteiger partial charge in [-0.2, -0.15) is 0 Å². The highest BCUT2D eigenvalue weighted by atomic mass is 35.5. The van der Waals surface area contributed by atoms with Gasteiger partial charge in [0.05, 0.1) is 5.02 Å². The molecule has 0 unspecified atom stereocenters. The smallest absolute Gasteiger partial charge is 0.275 e. The number of amides is 1. The molecule has 1 aliphatic rings. The molecule has 0 saturated heterocycles. The summed E-state index contributed by atoms with van der Waals surface area (Å²) in [5, 5.41) is 5.46. The van der Waals surface area contributed by atoms with E-state index in [1.807, 2.05) is 35.6 Å². The molecule has 0 atom stereocenters. The summed E-state index contributed by atoms with van der Waals surface area (Å²) in [7, 11) is 0. The van der Waals surface area contributed by atoms with Gasteiger partial charge in [0.15, 0.2) is 0 Å². The Bertz CT molecular complexity index is 956. The first-order chi connectivity index (χ1) is 12.6. The van der Waals surface area contributed by atoms with E-state index >= 15 is 0 Å². The van der Waals surface area contributed by atoms with Crippen LogP contribution in [-0.4, -0.2) is 17.4 Å². The molecule has 0 aliphatic carbocycles. The quantitative estimate of drug-likeness (QED) is 0.606. The Kier molecular flexibility index (Phi) is 4.85. The van der Waals surface area contributed by atoms with Crippen LogP contribution in [0.5, 0.6) is 0 Å². The third-order valence-electron chi connectivity index (χ3n) is 4.33. The number of hydrogen-bond donors (Lipinski definition) is 1. The van der Waals surface area contributed by atoms with Crippen LogP contribution in [0.25, 0.3) is 0 Å². The first kappa shape index (κ1) is 17.3. The van der Waals surface area contributed by atoms with Gasteiger partial charge in [-0.3, -0.25) is 4.79 Å². The molecule has 0 spiro atoms. The lowest BCUT2D eigenvalue weighted by atomic mass is 10.1. The monoisotopic (exact) mass is 403 g/mol. The van der Waals surface area contributed by atoms with E-state index < -0.39 is 0 Å². The highest BCUT2D eigenvalue weighted by molar-refractivity contribution is 7.10. The lowest BCUT2D eigenvalue weighted by Crippen LogP contribution is -2.29. The molecule has 132 valence electrons. The van der Waals surface area contributed by atoms with E-state index in [9.17, 15) is 4.79 Å². The van der Waals surface area contributed by atoms with Crippen LogP contribution in [0.4, 0.5) is 11.4 Å². The number of hydrogen-bond acceptors (Lipinski definition) is 4. The molecule has 1 aromatic carbocycles. The second-order valence-electron chi connectivity index (χ2n) is 6.01. The van der Waals surface area contributed by atoms with Gasteiger partial charge in [-0.15, -0.1) is 11.3 Å². The number of pyridine rings is 1. The molecule has 1 amide bonds. The predicted octanol–water partition coefficient (Wildman–Crippen LogP) is 5.26. The summed E-state index contributed by atoms with van der Waals surface area (Å²) in [6.07, 6.45) is 1.07.